The quantitative estimate of drug-likeness (QED) is 0.243. The van der Waals surface area contributed by atoms with Crippen molar-refractivity contribution in [1.82, 2.24) is 4.90 Å². The first-order valence-corrected chi connectivity index (χ1v) is 12.3. The van der Waals surface area contributed by atoms with Crippen LogP contribution in [0.4, 0.5) is 0 Å². The van der Waals surface area contributed by atoms with E-state index < -0.39 is 0 Å². The molecule has 0 spiro atoms. The van der Waals surface area contributed by atoms with Gasteiger partial charge in [0.2, 0.25) is 0 Å². The number of hydrogen-bond acceptors (Lipinski definition) is 1. The van der Waals surface area contributed by atoms with Gasteiger partial charge in [0.1, 0.15) is 0 Å². The molecule has 0 saturated carbocycles. The molecule has 0 saturated heterocycles. The summed E-state index contributed by atoms with van der Waals surface area (Å²) < 4.78 is 0. The first kappa shape index (κ1) is 25.2. The van der Waals surface area contributed by atoms with Gasteiger partial charge < -0.3 is 4.90 Å². The zero-order chi connectivity index (χ0) is 20.6. The van der Waals surface area contributed by atoms with Crippen LogP contribution in [0.5, 0.6) is 0 Å². The van der Waals surface area contributed by atoms with Gasteiger partial charge in [-0.2, -0.15) is 0 Å². The Hall–Kier alpha value is -0.820. The van der Waals surface area contributed by atoms with Crippen molar-refractivity contribution in [1.29, 1.82) is 0 Å². The van der Waals surface area contributed by atoms with Gasteiger partial charge in [-0.3, -0.25) is 0 Å². The van der Waals surface area contributed by atoms with Crippen LogP contribution in [0.15, 0.2) is 30.3 Å². The molecule has 0 aromatic heterocycles. The van der Waals surface area contributed by atoms with Crippen molar-refractivity contribution in [2.24, 2.45) is 11.8 Å². The second-order valence-electron chi connectivity index (χ2n) is 9.81. The molecule has 28 heavy (non-hydrogen) atoms. The van der Waals surface area contributed by atoms with Crippen LogP contribution in [-0.2, 0) is 0 Å². The zero-order valence-electron chi connectivity index (χ0n) is 19.8. The fourth-order valence-corrected chi connectivity index (χ4v) is 4.05. The fraction of sp³-hybridized carbons (Fsp3) is 0.778. The van der Waals surface area contributed by atoms with E-state index in [4.69, 9.17) is 0 Å². The van der Waals surface area contributed by atoms with E-state index in [9.17, 15) is 0 Å². The average molecular weight is 388 g/mol. The molecule has 1 nitrogen and oxygen atoms in total. The summed E-state index contributed by atoms with van der Waals surface area (Å²) in [4.78, 5) is 2.75. The summed E-state index contributed by atoms with van der Waals surface area (Å²) >= 11 is 0. The summed E-state index contributed by atoms with van der Waals surface area (Å²) in [6.07, 6.45) is 14.0. The summed E-state index contributed by atoms with van der Waals surface area (Å²) in [5.74, 6) is 2.35. The Labute approximate surface area is 177 Å². The molecular weight excluding hydrogens is 338 g/mol. The molecular formula is C27H49N. The highest BCUT2D eigenvalue weighted by Gasteiger charge is 2.12. The molecule has 1 unspecified atom stereocenters. The molecule has 0 aliphatic heterocycles. The lowest BCUT2D eigenvalue weighted by Gasteiger charge is -2.26. The molecule has 0 fully saturated rings. The van der Waals surface area contributed by atoms with Crippen LogP contribution in [0.2, 0.25) is 0 Å². The van der Waals surface area contributed by atoms with Crippen molar-refractivity contribution in [3.05, 3.63) is 35.9 Å². The van der Waals surface area contributed by atoms with E-state index in [-0.39, 0.29) is 0 Å². The van der Waals surface area contributed by atoms with E-state index in [2.05, 4.69) is 69.9 Å². The van der Waals surface area contributed by atoms with Crippen molar-refractivity contribution in [3.63, 3.8) is 0 Å². The molecule has 0 radical (unpaired) electrons. The maximum absolute atomic E-state index is 2.75. The maximum atomic E-state index is 2.75. The van der Waals surface area contributed by atoms with Crippen molar-refractivity contribution >= 4 is 0 Å². The SMILES string of the molecule is CC(C)CCCCCCN(CCCCCCC(C)C)CC(C)c1ccccc1. The molecule has 0 aliphatic carbocycles. The number of rotatable bonds is 17. The summed E-state index contributed by atoms with van der Waals surface area (Å²) in [5.41, 5.74) is 1.49. The third-order valence-corrected chi connectivity index (χ3v) is 5.91. The highest BCUT2D eigenvalue weighted by molar-refractivity contribution is 5.19. The van der Waals surface area contributed by atoms with E-state index >= 15 is 0 Å². The van der Waals surface area contributed by atoms with Gasteiger partial charge in [0.15, 0.2) is 0 Å². The minimum absolute atomic E-state index is 0.628. The molecule has 1 aromatic carbocycles. The first-order valence-electron chi connectivity index (χ1n) is 12.3. The van der Waals surface area contributed by atoms with Crippen LogP contribution in [-0.4, -0.2) is 24.5 Å². The number of nitrogens with zero attached hydrogens (tertiary/aromatic N) is 1. The lowest BCUT2D eigenvalue weighted by Crippen LogP contribution is -2.30. The summed E-state index contributed by atoms with van der Waals surface area (Å²) in [5, 5.41) is 0. The highest BCUT2D eigenvalue weighted by Crippen LogP contribution is 2.18. The van der Waals surface area contributed by atoms with Gasteiger partial charge in [-0.25, -0.2) is 0 Å². The summed E-state index contributed by atoms with van der Waals surface area (Å²) in [7, 11) is 0. The molecule has 162 valence electrons. The molecule has 0 N–H and O–H groups in total. The molecule has 1 atom stereocenters. The predicted octanol–water partition coefficient (Wildman–Crippen LogP) is 8.31. The van der Waals surface area contributed by atoms with E-state index in [1.165, 1.54) is 89.4 Å². The van der Waals surface area contributed by atoms with Gasteiger partial charge >= 0.3 is 0 Å². The highest BCUT2D eigenvalue weighted by atomic mass is 15.1. The van der Waals surface area contributed by atoms with Gasteiger partial charge in [0.05, 0.1) is 0 Å². The van der Waals surface area contributed by atoms with Crippen LogP contribution in [0.25, 0.3) is 0 Å². The van der Waals surface area contributed by atoms with Crippen molar-refractivity contribution in [3.8, 4) is 0 Å². The molecule has 0 aliphatic rings. The van der Waals surface area contributed by atoms with Gasteiger partial charge in [-0.1, -0.05) is 116 Å². The Morgan fingerprint density at radius 2 is 1.07 bits per heavy atom. The van der Waals surface area contributed by atoms with E-state index in [0.717, 1.165) is 11.8 Å². The normalized spacial score (nSPS) is 13.0. The largest absolute Gasteiger partial charge is 0.303 e. The number of benzene rings is 1. The lowest BCUT2D eigenvalue weighted by molar-refractivity contribution is 0.248. The van der Waals surface area contributed by atoms with Crippen molar-refractivity contribution in [2.45, 2.75) is 105 Å². The number of hydrogen-bond donors (Lipinski definition) is 0. The third-order valence-electron chi connectivity index (χ3n) is 5.91. The van der Waals surface area contributed by atoms with Crippen LogP contribution in [0.1, 0.15) is 110 Å². The smallest absolute Gasteiger partial charge is 0.00476 e. The second-order valence-corrected chi connectivity index (χ2v) is 9.81. The Balaban J connectivity index is 2.34. The minimum atomic E-state index is 0.628. The fourth-order valence-electron chi connectivity index (χ4n) is 4.05. The molecule has 0 heterocycles. The van der Waals surface area contributed by atoms with Crippen molar-refractivity contribution < 1.29 is 0 Å². The monoisotopic (exact) mass is 387 g/mol. The maximum Gasteiger partial charge on any atom is 0.00476 e. The van der Waals surface area contributed by atoms with E-state index in [1.54, 1.807) is 0 Å². The summed E-state index contributed by atoms with van der Waals surface area (Å²) in [6, 6.07) is 11.1. The lowest BCUT2D eigenvalue weighted by atomic mass is 10.00. The van der Waals surface area contributed by atoms with Gasteiger partial charge in [-0.05, 0) is 49.2 Å². The minimum Gasteiger partial charge on any atom is -0.303 e. The molecule has 1 heteroatoms. The third kappa shape index (κ3) is 13.4. The zero-order valence-corrected chi connectivity index (χ0v) is 19.8. The van der Waals surface area contributed by atoms with Crippen LogP contribution < -0.4 is 0 Å². The molecule has 0 bridgehead atoms. The average Bonchev–Trinajstić information content (AvgIpc) is 2.67. The molecule has 0 amide bonds. The topological polar surface area (TPSA) is 3.24 Å². The Bertz CT molecular complexity index is 431. The van der Waals surface area contributed by atoms with E-state index in [0.29, 0.717) is 5.92 Å². The summed E-state index contributed by atoms with van der Waals surface area (Å²) in [6.45, 7) is 15.5. The first-order chi connectivity index (χ1) is 13.5. The second kappa shape index (κ2) is 16.0. The Morgan fingerprint density at radius 3 is 1.54 bits per heavy atom. The van der Waals surface area contributed by atoms with Crippen LogP contribution in [0.3, 0.4) is 0 Å². The predicted molar refractivity (Wildman–Crippen MR) is 127 cm³/mol. The number of unbranched alkanes of at least 4 members (excludes halogenated alkanes) is 6. The molecule has 1 aromatic rings. The van der Waals surface area contributed by atoms with Crippen LogP contribution >= 0.6 is 0 Å². The van der Waals surface area contributed by atoms with Gasteiger partial charge in [-0.15, -0.1) is 0 Å². The van der Waals surface area contributed by atoms with Gasteiger partial charge in [0.25, 0.3) is 0 Å². The van der Waals surface area contributed by atoms with Gasteiger partial charge in [0, 0.05) is 6.54 Å². The Morgan fingerprint density at radius 1 is 0.607 bits per heavy atom. The standard InChI is InChI=1S/C27H49N/c1-24(2)17-11-6-8-15-21-28(22-16-9-7-12-18-25(3)4)23-26(5)27-19-13-10-14-20-27/h10,13-14,19-20,24-26H,6-9,11-12,15-18,21-23H2,1-5H3. The van der Waals surface area contributed by atoms with Crippen molar-refractivity contribution in [2.75, 3.05) is 19.6 Å². The molecule has 1 rings (SSSR count). The Kier molecular flexibility index (Phi) is 14.4. The van der Waals surface area contributed by atoms with E-state index in [1.807, 2.05) is 0 Å². The van der Waals surface area contributed by atoms with Crippen LogP contribution in [0, 0.1) is 11.8 Å².